The zero-order valence-corrected chi connectivity index (χ0v) is 12.5. The molecule has 6 heteroatoms. The number of hydrogen-bond acceptors (Lipinski definition) is 3. The summed E-state index contributed by atoms with van der Waals surface area (Å²) in [7, 11) is -3.36. The number of hydrogen-bond donors (Lipinski definition) is 0. The summed E-state index contributed by atoms with van der Waals surface area (Å²) in [4.78, 5) is 0.319. The van der Waals surface area contributed by atoms with Crippen LogP contribution in [0.5, 0.6) is 5.75 Å². The zero-order valence-electron chi connectivity index (χ0n) is 10.9. The molecule has 0 N–H and O–H groups in total. The number of sulfonamides is 1. The summed E-state index contributed by atoms with van der Waals surface area (Å²) in [5.41, 5.74) is 0. The first-order valence-corrected chi connectivity index (χ1v) is 8.30. The van der Waals surface area contributed by atoms with Gasteiger partial charge in [-0.15, -0.1) is 11.6 Å². The predicted octanol–water partition coefficient (Wildman–Crippen LogP) is 2.33. The van der Waals surface area contributed by atoms with Crippen molar-refractivity contribution in [2.24, 2.45) is 5.92 Å². The summed E-state index contributed by atoms with van der Waals surface area (Å²) in [6.07, 6.45) is 0.927. The largest absolute Gasteiger partial charge is 0.492 e. The minimum absolute atomic E-state index is 0.319. The van der Waals surface area contributed by atoms with Crippen LogP contribution in [0.3, 0.4) is 0 Å². The van der Waals surface area contributed by atoms with Gasteiger partial charge in [-0.25, -0.2) is 8.42 Å². The van der Waals surface area contributed by atoms with Gasteiger partial charge in [0.25, 0.3) is 0 Å². The van der Waals surface area contributed by atoms with E-state index in [9.17, 15) is 8.42 Å². The monoisotopic (exact) mass is 303 g/mol. The van der Waals surface area contributed by atoms with Crippen LogP contribution in [0.2, 0.25) is 0 Å². The fourth-order valence-corrected chi connectivity index (χ4v) is 3.78. The number of ether oxygens (including phenoxy) is 1. The fourth-order valence-electron chi connectivity index (χ4n) is 2.13. The summed E-state index contributed by atoms with van der Waals surface area (Å²) in [6, 6.07) is 6.50. The molecule has 4 nitrogen and oxygen atoms in total. The van der Waals surface area contributed by atoms with Gasteiger partial charge in [0.1, 0.15) is 12.4 Å². The molecule has 1 unspecified atom stereocenters. The first-order valence-electron chi connectivity index (χ1n) is 6.33. The zero-order chi connectivity index (χ0) is 13.9. The minimum atomic E-state index is -3.36. The van der Waals surface area contributed by atoms with E-state index < -0.39 is 10.0 Å². The highest BCUT2D eigenvalue weighted by molar-refractivity contribution is 7.89. The lowest BCUT2D eigenvalue weighted by molar-refractivity contribution is 0.342. The van der Waals surface area contributed by atoms with Crippen molar-refractivity contribution in [1.82, 2.24) is 4.31 Å². The molecule has 1 aromatic rings. The fraction of sp³-hybridized carbons (Fsp3) is 0.538. The summed E-state index contributed by atoms with van der Waals surface area (Å²) < 4.78 is 31.6. The Balaban J connectivity index is 2.12. The van der Waals surface area contributed by atoms with Crippen molar-refractivity contribution in [3.8, 4) is 5.75 Å². The number of nitrogens with zero attached hydrogens (tertiary/aromatic N) is 1. The van der Waals surface area contributed by atoms with Gasteiger partial charge in [-0.2, -0.15) is 4.31 Å². The third-order valence-electron chi connectivity index (χ3n) is 3.19. The molecule has 0 bridgehead atoms. The van der Waals surface area contributed by atoms with Crippen LogP contribution in [-0.4, -0.2) is 38.3 Å². The lowest BCUT2D eigenvalue weighted by Gasteiger charge is -2.16. The van der Waals surface area contributed by atoms with E-state index in [1.807, 2.05) is 0 Å². The van der Waals surface area contributed by atoms with Crippen molar-refractivity contribution in [3.05, 3.63) is 24.3 Å². The topological polar surface area (TPSA) is 46.6 Å². The van der Waals surface area contributed by atoms with Crippen LogP contribution in [-0.2, 0) is 10.0 Å². The van der Waals surface area contributed by atoms with Crippen LogP contribution in [0.25, 0.3) is 0 Å². The third-order valence-corrected chi connectivity index (χ3v) is 5.23. The van der Waals surface area contributed by atoms with E-state index in [0.717, 1.165) is 6.42 Å². The van der Waals surface area contributed by atoms with E-state index in [1.54, 1.807) is 28.6 Å². The lowest BCUT2D eigenvalue weighted by atomic mass is 10.2. The Hall–Kier alpha value is -0.780. The second-order valence-corrected chi connectivity index (χ2v) is 7.08. The predicted molar refractivity (Wildman–Crippen MR) is 75.2 cm³/mol. The lowest BCUT2D eigenvalue weighted by Crippen LogP contribution is -2.28. The Morgan fingerprint density at radius 2 is 2.05 bits per heavy atom. The molecule has 106 valence electrons. The van der Waals surface area contributed by atoms with Crippen LogP contribution in [0.15, 0.2) is 29.2 Å². The molecule has 0 saturated carbocycles. The van der Waals surface area contributed by atoms with Crippen molar-refractivity contribution in [2.75, 3.05) is 25.6 Å². The highest BCUT2D eigenvalue weighted by atomic mass is 35.5. The molecule has 1 aliphatic rings. The molecule has 1 heterocycles. The van der Waals surface area contributed by atoms with Gasteiger partial charge in [-0.3, -0.25) is 0 Å². The van der Waals surface area contributed by atoms with Gasteiger partial charge in [-0.05, 0) is 36.6 Å². The van der Waals surface area contributed by atoms with E-state index in [-0.39, 0.29) is 0 Å². The van der Waals surface area contributed by atoms with Gasteiger partial charge in [0.05, 0.1) is 10.8 Å². The Bertz CT molecular complexity index is 515. The average Bonchev–Trinajstić information content (AvgIpc) is 2.84. The first-order chi connectivity index (χ1) is 9.04. The van der Waals surface area contributed by atoms with Gasteiger partial charge in [0.2, 0.25) is 10.0 Å². The molecule has 0 amide bonds. The Kier molecular flexibility index (Phi) is 4.71. The molecule has 0 radical (unpaired) electrons. The molecular formula is C13H18ClNO3S. The molecule has 1 saturated heterocycles. The van der Waals surface area contributed by atoms with Gasteiger partial charge in [0.15, 0.2) is 0 Å². The molecule has 0 spiro atoms. The molecular weight excluding hydrogens is 286 g/mol. The Morgan fingerprint density at radius 1 is 1.37 bits per heavy atom. The second kappa shape index (κ2) is 6.11. The quantitative estimate of drug-likeness (QED) is 0.784. The number of rotatable bonds is 5. The normalized spacial score (nSPS) is 20.6. The number of benzene rings is 1. The molecule has 1 atom stereocenters. The smallest absolute Gasteiger partial charge is 0.243 e. The van der Waals surface area contributed by atoms with Crippen molar-refractivity contribution in [2.45, 2.75) is 18.2 Å². The standard InChI is InChI=1S/C13H18ClNO3S/c1-11-6-8-15(10-11)19(16,17)13-4-2-12(3-5-13)18-9-7-14/h2-5,11H,6-10H2,1H3. The molecule has 1 aliphatic heterocycles. The Labute approximate surface area is 119 Å². The third kappa shape index (κ3) is 3.41. The average molecular weight is 304 g/mol. The summed E-state index contributed by atoms with van der Waals surface area (Å²) in [5.74, 6) is 1.47. The van der Waals surface area contributed by atoms with Crippen LogP contribution in [0.1, 0.15) is 13.3 Å². The summed E-state index contributed by atoms with van der Waals surface area (Å²) >= 11 is 5.53. The summed E-state index contributed by atoms with van der Waals surface area (Å²) in [5, 5.41) is 0. The van der Waals surface area contributed by atoms with Gasteiger partial charge in [0, 0.05) is 13.1 Å². The van der Waals surface area contributed by atoms with Crippen LogP contribution >= 0.6 is 11.6 Å². The highest BCUT2D eigenvalue weighted by Crippen LogP contribution is 2.25. The molecule has 1 aromatic carbocycles. The second-order valence-electron chi connectivity index (χ2n) is 4.77. The van der Waals surface area contributed by atoms with Gasteiger partial charge in [-0.1, -0.05) is 6.92 Å². The maximum atomic E-state index is 12.4. The first kappa shape index (κ1) is 14.6. The molecule has 0 aliphatic carbocycles. The van der Waals surface area contributed by atoms with Crippen LogP contribution in [0, 0.1) is 5.92 Å². The van der Waals surface area contributed by atoms with Crippen molar-refractivity contribution >= 4 is 21.6 Å². The van der Waals surface area contributed by atoms with E-state index >= 15 is 0 Å². The Morgan fingerprint density at radius 3 is 2.58 bits per heavy atom. The molecule has 0 aromatic heterocycles. The van der Waals surface area contributed by atoms with Crippen LogP contribution < -0.4 is 4.74 Å². The van der Waals surface area contributed by atoms with E-state index in [2.05, 4.69) is 6.92 Å². The van der Waals surface area contributed by atoms with Crippen molar-refractivity contribution < 1.29 is 13.2 Å². The van der Waals surface area contributed by atoms with Gasteiger partial charge < -0.3 is 4.74 Å². The maximum absolute atomic E-state index is 12.4. The van der Waals surface area contributed by atoms with Crippen molar-refractivity contribution in [3.63, 3.8) is 0 Å². The SMILES string of the molecule is CC1CCN(S(=O)(=O)c2ccc(OCCCl)cc2)C1. The number of alkyl halides is 1. The van der Waals surface area contributed by atoms with E-state index in [1.165, 1.54) is 0 Å². The maximum Gasteiger partial charge on any atom is 0.243 e. The highest BCUT2D eigenvalue weighted by Gasteiger charge is 2.30. The number of halogens is 1. The van der Waals surface area contributed by atoms with Gasteiger partial charge >= 0.3 is 0 Å². The molecule has 19 heavy (non-hydrogen) atoms. The minimum Gasteiger partial charge on any atom is -0.492 e. The van der Waals surface area contributed by atoms with E-state index in [4.69, 9.17) is 16.3 Å². The van der Waals surface area contributed by atoms with E-state index in [0.29, 0.717) is 42.1 Å². The van der Waals surface area contributed by atoms with Crippen molar-refractivity contribution in [1.29, 1.82) is 0 Å². The summed E-state index contributed by atoms with van der Waals surface area (Å²) in [6.45, 7) is 3.69. The molecule has 1 fully saturated rings. The molecule has 2 rings (SSSR count). The van der Waals surface area contributed by atoms with Crippen LogP contribution in [0.4, 0.5) is 0 Å².